The number of carbonyl (C=O) groups excluding carboxylic acids is 1. The first-order chi connectivity index (χ1) is 15.1. The molecule has 0 radical (unpaired) electrons. The highest BCUT2D eigenvalue weighted by molar-refractivity contribution is 5.94. The fourth-order valence-corrected chi connectivity index (χ4v) is 3.39. The number of nitrogens with one attached hydrogen (secondary N) is 1. The minimum Gasteiger partial charge on any atom is -0.496 e. The van der Waals surface area contributed by atoms with E-state index in [1.165, 1.54) is 0 Å². The summed E-state index contributed by atoms with van der Waals surface area (Å²) in [4.78, 5) is 23.3. The SMILES string of the molecule is COc1ccccc1CNc1nc(-c2ccc(C(=O)N(C)C)cc2)nc2ccccc12. The lowest BCUT2D eigenvalue weighted by Gasteiger charge is -2.13. The van der Waals surface area contributed by atoms with Gasteiger partial charge >= 0.3 is 0 Å². The number of hydrogen-bond donors (Lipinski definition) is 1. The molecule has 0 spiro atoms. The molecule has 3 aromatic carbocycles. The molecular weight excluding hydrogens is 388 g/mol. The molecule has 1 N–H and O–H groups in total. The predicted molar refractivity (Wildman–Crippen MR) is 123 cm³/mol. The van der Waals surface area contributed by atoms with Crippen LogP contribution in [0.5, 0.6) is 5.75 Å². The molecule has 6 heteroatoms. The van der Waals surface area contributed by atoms with E-state index < -0.39 is 0 Å². The van der Waals surface area contributed by atoms with Crippen molar-refractivity contribution in [3.63, 3.8) is 0 Å². The van der Waals surface area contributed by atoms with Gasteiger partial charge in [-0.15, -0.1) is 0 Å². The summed E-state index contributed by atoms with van der Waals surface area (Å²) >= 11 is 0. The summed E-state index contributed by atoms with van der Waals surface area (Å²) in [5.41, 5.74) is 3.37. The quantitative estimate of drug-likeness (QED) is 0.501. The molecule has 0 bridgehead atoms. The Bertz CT molecular complexity index is 1220. The van der Waals surface area contributed by atoms with Crippen molar-refractivity contribution >= 4 is 22.6 Å². The van der Waals surface area contributed by atoms with Gasteiger partial charge in [-0.1, -0.05) is 42.5 Å². The van der Waals surface area contributed by atoms with Crippen molar-refractivity contribution in [2.75, 3.05) is 26.5 Å². The molecular formula is C25H24N4O2. The van der Waals surface area contributed by atoms with Crippen LogP contribution in [0.1, 0.15) is 15.9 Å². The van der Waals surface area contributed by atoms with Crippen molar-refractivity contribution < 1.29 is 9.53 Å². The van der Waals surface area contributed by atoms with E-state index in [1.54, 1.807) is 38.2 Å². The first-order valence-corrected chi connectivity index (χ1v) is 10.0. The van der Waals surface area contributed by atoms with Crippen LogP contribution in [-0.4, -0.2) is 42.0 Å². The van der Waals surface area contributed by atoms with Gasteiger partial charge in [0, 0.05) is 42.7 Å². The van der Waals surface area contributed by atoms with Gasteiger partial charge in [-0.2, -0.15) is 0 Å². The fraction of sp³-hybridized carbons (Fsp3) is 0.160. The van der Waals surface area contributed by atoms with Gasteiger partial charge in [-0.25, -0.2) is 9.97 Å². The third-order valence-corrected chi connectivity index (χ3v) is 5.04. The molecule has 0 saturated heterocycles. The van der Waals surface area contributed by atoms with Crippen molar-refractivity contribution in [3.05, 3.63) is 83.9 Å². The van der Waals surface area contributed by atoms with Gasteiger partial charge in [0.2, 0.25) is 0 Å². The highest BCUT2D eigenvalue weighted by atomic mass is 16.5. The summed E-state index contributed by atoms with van der Waals surface area (Å²) in [6, 6.07) is 23.2. The molecule has 0 aliphatic carbocycles. The minimum atomic E-state index is -0.0369. The second kappa shape index (κ2) is 8.83. The third-order valence-electron chi connectivity index (χ3n) is 5.04. The summed E-state index contributed by atoms with van der Waals surface area (Å²) in [5, 5.41) is 4.39. The number of amides is 1. The number of benzene rings is 3. The third kappa shape index (κ3) is 4.33. The first-order valence-electron chi connectivity index (χ1n) is 10.0. The van der Waals surface area contributed by atoms with Gasteiger partial charge < -0.3 is 15.0 Å². The smallest absolute Gasteiger partial charge is 0.253 e. The average Bonchev–Trinajstić information content (AvgIpc) is 2.82. The number of anilines is 1. The van der Waals surface area contributed by atoms with E-state index in [4.69, 9.17) is 14.7 Å². The van der Waals surface area contributed by atoms with Gasteiger partial charge in [0.1, 0.15) is 11.6 Å². The number of rotatable bonds is 6. The maximum absolute atomic E-state index is 12.2. The van der Waals surface area contributed by atoms with E-state index in [2.05, 4.69) is 5.32 Å². The van der Waals surface area contributed by atoms with E-state index >= 15 is 0 Å². The van der Waals surface area contributed by atoms with Gasteiger partial charge in [-0.3, -0.25) is 4.79 Å². The lowest BCUT2D eigenvalue weighted by molar-refractivity contribution is 0.0827. The van der Waals surface area contributed by atoms with Crippen LogP contribution in [-0.2, 0) is 6.54 Å². The molecule has 1 amide bonds. The van der Waals surface area contributed by atoms with Crippen LogP contribution in [0.4, 0.5) is 5.82 Å². The number of nitrogens with zero attached hydrogens (tertiary/aromatic N) is 3. The summed E-state index contributed by atoms with van der Waals surface area (Å²) < 4.78 is 5.46. The maximum atomic E-state index is 12.2. The Labute approximate surface area is 181 Å². The van der Waals surface area contributed by atoms with Crippen LogP contribution in [0.15, 0.2) is 72.8 Å². The van der Waals surface area contributed by atoms with E-state index in [1.807, 2.05) is 60.7 Å². The Morgan fingerprint density at radius 1 is 0.935 bits per heavy atom. The van der Waals surface area contributed by atoms with Gasteiger partial charge in [0.05, 0.1) is 12.6 Å². The summed E-state index contributed by atoms with van der Waals surface area (Å²) in [6.07, 6.45) is 0. The topological polar surface area (TPSA) is 67.3 Å². The Hall–Kier alpha value is -3.93. The van der Waals surface area contributed by atoms with Crippen molar-refractivity contribution in [2.24, 2.45) is 0 Å². The Morgan fingerprint density at radius 3 is 2.39 bits per heavy atom. The number of hydrogen-bond acceptors (Lipinski definition) is 5. The molecule has 4 rings (SSSR count). The summed E-state index contributed by atoms with van der Waals surface area (Å²) in [5.74, 6) is 2.14. The largest absolute Gasteiger partial charge is 0.496 e. The standard InChI is InChI=1S/C25H24N4O2/c1-29(2)25(30)18-14-12-17(13-15-18)23-27-21-10-6-5-9-20(21)24(28-23)26-16-19-8-4-7-11-22(19)31-3/h4-15H,16H2,1-3H3,(H,26,27,28). The maximum Gasteiger partial charge on any atom is 0.253 e. The van der Waals surface area contributed by atoms with E-state index in [0.29, 0.717) is 17.9 Å². The second-order valence-electron chi connectivity index (χ2n) is 7.36. The Kier molecular flexibility index (Phi) is 5.80. The summed E-state index contributed by atoms with van der Waals surface area (Å²) in [6.45, 7) is 0.570. The monoisotopic (exact) mass is 412 g/mol. The van der Waals surface area contributed by atoms with Crippen LogP contribution in [0, 0.1) is 0 Å². The molecule has 0 aliphatic heterocycles. The molecule has 1 heterocycles. The number of fused-ring (bicyclic) bond motifs is 1. The molecule has 6 nitrogen and oxygen atoms in total. The number of aromatic nitrogens is 2. The molecule has 31 heavy (non-hydrogen) atoms. The zero-order valence-corrected chi connectivity index (χ0v) is 17.8. The minimum absolute atomic E-state index is 0.0369. The number of carbonyl (C=O) groups is 1. The van der Waals surface area contributed by atoms with Crippen LogP contribution < -0.4 is 10.1 Å². The van der Waals surface area contributed by atoms with Crippen molar-refractivity contribution in [1.82, 2.24) is 14.9 Å². The van der Waals surface area contributed by atoms with Crippen LogP contribution in [0.25, 0.3) is 22.3 Å². The lowest BCUT2D eigenvalue weighted by Crippen LogP contribution is -2.21. The fourth-order valence-electron chi connectivity index (χ4n) is 3.39. The van der Waals surface area contributed by atoms with Crippen molar-refractivity contribution in [2.45, 2.75) is 6.54 Å². The van der Waals surface area contributed by atoms with Gasteiger partial charge in [-0.05, 0) is 30.3 Å². The molecule has 156 valence electrons. The van der Waals surface area contributed by atoms with Crippen LogP contribution in [0.2, 0.25) is 0 Å². The van der Waals surface area contributed by atoms with Gasteiger partial charge in [0.15, 0.2) is 5.82 Å². The molecule has 0 saturated carbocycles. The van der Waals surface area contributed by atoms with E-state index in [-0.39, 0.29) is 5.91 Å². The molecule has 0 aliphatic rings. The molecule has 0 fully saturated rings. The predicted octanol–water partition coefficient (Wildman–Crippen LogP) is 4.62. The van der Waals surface area contributed by atoms with Crippen molar-refractivity contribution in [1.29, 1.82) is 0 Å². The molecule has 1 aromatic heterocycles. The normalized spacial score (nSPS) is 10.7. The molecule has 0 atom stereocenters. The Balaban J connectivity index is 1.69. The van der Waals surface area contributed by atoms with E-state index in [0.717, 1.165) is 33.6 Å². The highest BCUT2D eigenvalue weighted by Gasteiger charge is 2.12. The lowest BCUT2D eigenvalue weighted by atomic mass is 10.1. The zero-order chi connectivity index (χ0) is 21.8. The Morgan fingerprint density at radius 2 is 1.65 bits per heavy atom. The molecule has 0 unspecified atom stereocenters. The van der Waals surface area contributed by atoms with Crippen molar-refractivity contribution in [3.8, 4) is 17.1 Å². The zero-order valence-electron chi connectivity index (χ0n) is 17.8. The summed E-state index contributed by atoms with van der Waals surface area (Å²) in [7, 11) is 5.15. The van der Waals surface area contributed by atoms with Gasteiger partial charge in [0.25, 0.3) is 5.91 Å². The van der Waals surface area contributed by atoms with Crippen LogP contribution >= 0.6 is 0 Å². The average molecular weight is 412 g/mol. The van der Waals surface area contributed by atoms with E-state index in [9.17, 15) is 4.79 Å². The number of para-hydroxylation sites is 2. The number of ether oxygens (including phenoxy) is 1. The number of methoxy groups -OCH3 is 1. The second-order valence-corrected chi connectivity index (χ2v) is 7.36. The highest BCUT2D eigenvalue weighted by Crippen LogP contribution is 2.26. The first kappa shape index (κ1) is 20.3. The molecule has 4 aromatic rings. The van der Waals surface area contributed by atoms with Crippen LogP contribution in [0.3, 0.4) is 0 Å².